The van der Waals surface area contributed by atoms with E-state index < -0.39 is 17.8 Å². The summed E-state index contributed by atoms with van der Waals surface area (Å²) in [5, 5.41) is 2.28. The van der Waals surface area contributed by atoms with Crippen molar-refractivity contribution >= 4 is 17.7 Å². The molecular weight excluding hydrogens is 379 g/mol. The van der Waals surface area contributed by atoms with E-state index in [1.54, 1.807) is 30.3 Å². The van der Waals surface area contributed by atoms with E-state index in [9.17, 15) is 18.8 Å². The minimum Gasteiger partial charge on any atom is -0.494 e. The number of piperidine rings is 1. The summed E-state index contributed by atoms with van der Waals surface area (Å²) in [6.45, 7) is 0.156. The van der Waals surface area contributed by atoms with E-state index in [0.717, 1.165) is 0 Å². The number of imide groups is 1. The molecule has 150 valence electrons. The van der Waals surface area contributed by atoms with Gasteiger partial charge in [0.25, 0.3) is 5.91 Å². The number of hydrogen-bond donors (Lipinski definition) is 1. The van der Waals surface area contributed by atoms with Gasteiger partial charge in [0.15, 0.2) is 11.6 Å². The first kappa shape index (κ1) is 18.9. The largest absolute Gasteiger partial charge is 0.494 e. The van der Waals surface area contributed by atoms with Crippen molar-refractivity contribution in [3.8, 4) is 11.5 Å². The SMILES string of the molecule is COc1cccc(COc2cccc3c2CN([C@@H]2CCC(=O)NC2=O)C3=O)c1F. The van der Waals surface area contributed by atoms with E-state index in [-0.39, 0.29) is 43.6 Å². The molecule has 2 aromatic carbocycles. The van der Waals surface area contributed by atoms with Crippen molar-refractivity contribution in [3.63, 3.8) is 0 Å². The Bertz CT molecular complexity index is 1010. The molecule has 29 heavy (non-hydrogen) atoms. The number of benzene rings is 2. The smallest absolute Gasteiger partial charge is 0.255 e. The summed E-state index contributed by atoms with van der Waals surface area (Å²) in [6.07, 6.45) is 0.477. The van der Waals surface area contributed by atoms with Gasteiger partial charge >= 0.3 is 0 Å². The molecule has 3 amide bonds. The van der Waals surface area contributed by atoms with E-state index in [1.165, 1.54) is 18.1 Å². The van der Waals surface area contributed by atoms with Crippen LogP contribution in [-0.4, -0.2) is 35.8 Å². The Labute approximate surface area is 166 Å². The Morgan fingerprint density at radius 3 is 2.66 bits per heavy atom. The molecule has 2 heterocycles. The Kier molecular flexibility index (Phi) is 4.92. The molecule has 0 bridgehead atoms. The normalized spacial score (nSPS) is 18.5. The fourth-order valence-electron chi connectivity index (χ4n) is 3.67. The van der Waals surface area contributed by atoms with Crippen LogP contribution in [0.4, 0.5) is 4.39 Å². The fraction of sp³-hybridized carbons (Fsp3) is 0.286. The maximum Gasteiger partial charge on any atom is 0.255 e. The van der Waals surface area contributed by atoms with Gasteiger partial charge in [-0.3, -0.25) is 19.7 Å². The van der Waals surface area contributed by atoms with Crippen LogP contribution in [0.1, 0.15) is 34.3 Å². The number of carbonyl (C=O) groups is 3. The Morgan fingerprint density at radius 1 is 1.14 bits per heavy atom. The molecule has 1 N–H and O–H groups in total. The standard InChI is InChI=1S/C21H19FN2O5/c1-28-17-7-2-4-12(19(17)22)11-29-16-6-3-5-13-14(16)10-24(21(13)27)15-8-9-18(25)23-20(15)26/h2-7,15H,8-11H2,1H3,(H,23,25,26)/t15-/m1/s1. The van der Waals surface area contributed by atoms with Gasteiger partial charge in [-0.2, -0.15) is 0 Å². The van der Waals surface area contributed by atoms with Gasteiger partial charge in [0.2, 0.25) is 11.8 Å². The molecule has 2 aliphatic rings. The van der Waals surface area contributed by atoms with Crippen molar-refractivity contribution in [2.75, 3.05) is 7.11 Å². The second kappa shape index (κ2) is 7.54. The van der Waals surface area contributed by atoms with Gasteiger partial charge in [-0.15, -0.1) is 0 Å². The molecule has 2 aromatic rings. The lowest BCUT2D eigenvalue weighted by Gasteiger charge is -2.29. The molecule has 0 radical (unpaired) electrons. The van der Waals surface area contributed by atoms with E-state index >= 15 is 0 Å². The number of carbonyl (C=O) groups excluding carboxylic acids is 3. The summed E-state index contributed by atoms with van der Waals surface area (Å²) in [4.78, 5) is 37.8. The highest BCUT2D eigenvalue weighted by molar-refractivity contribution is 6.05. The van der Waals surface area contributed by atoms with Crippen LogP contribution in [0.3, 0.4) is 0 Å². The number of hydrogen-bond acceptors (Lipinski definition) is 5. The Hall–Kier alpha value is -3.42. The first-order valence-corrected chi connectivity index (χ1v) is 9.20. The molecular formula is C21H19FN2O5. The highest BCUT2D eigenvalue weighted by Gasteiger charge is 2.40. The van der Waals surface area contributed by atoms with Crippen LogP contribution in [0.25, 0.3) is 0 Å². The number of rotatable bonds is 5. The van der Waals surface area contributed by atoms with Crippen LogP contribution in [-0.2, 0) is 22.7 Å². The van der Waals surface area contributed by atoms with Crippen LogP contribution < -0.4 is 14.8 Å². The molecule has 4 rings (SSSR count). The number of nitrogens with zero attached hydrogens (tertiary/aromatic N) is 1. The van der Waals surface area contributed by atoms with Gasteiger partial charge in [0.1, 0.15) is 18.4 Å². The zero-order valence-corrected chi connectivity index (χ0v) is 15.7. The van der Waals surface area contributed by atoms with E-state index in [2.05, 4.69) is 5.32 Å². The van der Waals surface area contributed by atoms with Crippen molar-refractivity contribution < 1.29 is 28.2 Å². The van der Waals surface area contributed by atoms with Gasteiger partial charge in [0, 0.05) is 23.1 Å². The van der Waals surface area contributed by atoms with E-state index in [4.69, 9.17) is 9.47 Å². The van der Waals surface area contributed by atoms with E-state index in [1.807, 2.05) is 0 Å². The highest BCUT2D eigenvalue weighted by atomic mass is 19.1. The third-order valence-corrected chi connectivity index (χ3v) is 5.19. The van der Waals surface area contributed by atoms with Crippen LogP contribution >= 0.6 is 0 Å². The van der Waals surface area contributed by atoms with Crippen molar-refractivity contribution in [2.24, 2.45) is 0 Å². The van der Waals surface area contributed by atoms with Crippen molar-refractivity contribution in [2.45, 2.75) is 32.0 Å². The quantitative estimate of drug-likeness (QED) is 0.781. The minimum atomic E-state index is -0.698. The third kappa shape index (κ3) is 3.41. The molecule has 7 nitrogen and oxygen atoms in total. The van der Waals surface area contributed by atoms with Gasteiger partial charge in [0.05, 0.1) is 13.7 Å². The van der Waals surface area contributed by atoms with Crippen molar-refractivity contribution in [1.82, 2.24) is 10.2 Å². The monoisotopic (exact) mass is 398 g/mol. The zero-order chi connectivity index (χ0) is 20.5. The predicted octanol–water partition coefficient (Wildman–Crippen LogP) is 2.17. The van der Waals surface area contributed by atoms with Gasteiger partial charge in [-0.1, -0.05) is 18.2 Å². The average Bonchev–Trinajstić information content (AvgIpc) is 3.04. The Morgan fingerprint density at radius 2 is 1.90 bits per heavy atom. The lowest BCUT2D eigenvalue weighted by molar-refractivity contribution is -0.136. The number of methoxy groups -OCH3 is 1. The first-order valence-electron chi connectivity index (χ1n) is 9.20. The van der Waals surface area contributed by atoms with Gasteiger partial charge in [-0.05, 0) is 24.6 Å². The predicted molar refractivity (Wildman–Crippen MR) is 99.8 cm³/mol. The lowest BCUT2D eigenvalue weighted by Crippen LogP contribution is -2.52. The van der Waals surface area contributed by atoms with Crippen LogP contribution in [0.15, 0.2) is 36.4 Å². The summed E-state index contributed by atoms with van der Waals surface area (Å²) >= 11 is 0. The lowest BCUT2D eigenvalue weighted by atomic mass is 10.0. The topological polar surface area (TPSA) is 84.9 Å². The van der Waals surface area contributed by atoms with Crippen molar-refractivity contribution in [1.29, 1.82) is 0 Å². The van der Waals surface area contributed by atoms with Crippen LogP contribution in [0, 0.1) is 5.82 Å². The third-order valence-electron chi connectivity index (χ3n) is 5.19. The molecule has 0 aliphatic carbocycles. The fourth-order valence-corrected chi connectivity index (χ4v) is 3.67. The zero-order valence-electron chi connectivity index (χ0n) is 15.7. The highest BCUT2D eigenvalue weighted by Crippen LogP contribution is 2.34. The molecule has 0 spiro atoms. The second-order valence-electron chi connectivity index (χ2n) is 6.90. The summed E-state index contributed by atoms with van der Waals surface area (Å²) in [7, 11) is 1.39. The maximum atomic E-state index is 14.4. The van der Waals surface area contributed by atoms with Crippen LogP contribution in [0.2, 0.25) is 0 Å². The number of amides is 3. The number of ether oxygens (including phenoxy) is 2. The summed E-state index contributed by atoms with van der Waals surface area (Å²) < 4.78 is 25.1. The maximum absolute atomic E-state index is 14.4. The molecule has 0 saturated carbocycles. The molecule has 8 heteroatoms. The summed E-state index contributed by atoms with van der Waals surface area (Å²) in [5.74, 6) is -1.00. The molecule has 0 unspecified atom stereocenters. The molecule has 1 atom stereocenters. The second-order valence-corrected chi connectivity index (χ2v) is 6.90. The van der Waals surface area contributed by atoms with Crippen LogP contribution in [0.5, 0.6) is 11.5 Å². The van der Waals surface area contributed by atoms with Gasteiger partial charge in [-0.25, -0.2) is 4.39 Å². The van der Waals surface area contributed by atoms with Gasteiger partial charge < -0.3 is 14.4 Å². The molecule has 2 aliphatic heterocycles. The number of nitrogens with one attached hydrogen (secondary N) is 1. The first-order chi connectivity index (χ1) is 14.0. The molecule has 1 saturated heterocycles. The number of halogens is 1. The molecule has 0 aromatic heterocycles. The summed E-state index contributed by atoms with van der Waals surface area (Å²) in [5.41, 5.74) is 1.41. The van der Waals surface area contributed by atoms with Crippen molar-refractivity contribution in [3.05, 3.63) is 58.9 Å². The summed E-state index contributed by atoms with van der Waals surface area (Å²) in [6, 6.07) is 9.15. The number of fused-ring (bicyclic) bond motifs is 1. The minimum absolute atomic E-state index is 0.0356. The molecule has 1 fully saturated rings. The Balaban J connectivity index is 1.54. The van der Waals surface area contributed by atoms with E-state index in [0.29, 0.717) is 22.4 Å². The average molecular weight is 398 g/mol.